The van der Waals surface area contributed by atoms with Gasteiger partial charge in [0.05, 0.1) is 19.3 Å². The zero-order chi connectivity index (χ0) is 23.9. The number of likely N-dealkylation sites (tertiary alicyclic amines) is 1. The molecule has 1 aliphatic heterocycles. The summed E-state index contributed by atoms with van der Waals surface area (Å²) in [7, 11) is 0. The molecule has 0 bridgehead atoms. The monoisotopic (exact) mass is 448 g/mol. The highest BCUT2D eigenvalue weighted by molar-refractivity contribution is 5.79. The van der Waals surface area contributed by atoms with Gasteiger partial charge >= 0.3 is 6.09 Å². The number of nitrogens with one attached hydrogen (secondary N) is 1. The van der Waals surface area contributed by atoms with Gasteiger partial charge in [-0.2, -0.15) is 0 Å². The fraction of sp³-hybridized carbons (Fsp3) is 0.680. The van der Waals surface area contributed by atoms with Gasteiger partial charge in [-0.25, -0.2) is 4.79 Å². The van der Waals surface area contributed by atoms with Crippen molar-refractivity contribution in [3.8, 4) is 11.5 Å². The Morgan fingerprint density at radius 2 is 1.66 bits per heavy atom. The zero-order valence-corrected chi connectivity index (χ0v) is 20.7. The van der Waals surface area contributed by atoms with Crippen LogP contribution < -0.4 is 14.8 Å². The largest absolute Gasteiger partial charge is 0.490 e. The second-order valence-electron chi connectivity index (χ2n) is 9.54. The molecule has 180 valence electrons. The molecule has 2 rings (SSSR count). The summed E-state index contributed by atoms with van der Waals surface area (Å²) >= 11 is 0. The van der Waals surface area contributed by atoms with Crippen molar-refractivity contribution >= 4 is 12.0 Å². The van der Waals surface area contributed by atoms with Crippen LogP contribution in [0.1, 0.15) is 72.9 Å². The first-order chi connectivity index (χ1) is 15.1. The summed E-state index contributed by atoms with van der Waals surface area (Å²) in [4.78, 5) is 27.0. The van der Waals surface area contributed by atoms with Crippen LogP contribution in [0.25, 0.3) is 0 Å². The van der Waals surface area contributed by atoms with Crippen molar-refractivity contribution in [1.82, 2.24) is 10.2 Å². The van der Waals surface area contributed by atoms with E-state index in [9.17, 15) is 9.59 Å². The molecule has 0 aliphatic carbocycles. The van der Waals surface area contributed by atoms with E-state index in [1.54, 1.807) is 4.90 Å². The van der Waals surface area contributed by atoms with Crippen molar-refractivity contribution in [2.24, 2.45) is 11.8 Å². The second kappa shape index (κ2) is 11.4. The molecule has 0 spiro atoms. The number of nitrogens with zero attached hydrogens (tertiary/aromatic N) is 1. The minimum absolute atomic E-state index is 0.0272. The average Bonchev–Trinajstić information content (AvgIpc) is 2.72. The van der Waals surface area contributed by atoms with Crippen LogP contribution in [0.4, 0.5) is 4.79 Å². The van der Waals surface area contributed by atoms with Crippen molar-refractivity contribution in [2.75, 3.05) is 26.3 Å². The van der Waals surface area contributed by atoms with E-state index in [4.69, 9.17) is 14.2 Å². The van der Waals surface area contributed by atoms with Crippen LogP contribution >= 0.6 is 0 Å². The number of hydrogen-bond acceptors (Lipinski definition) is 5. The van der Waals surface area contributed by atoms with Crippen LogP contribution in [0.5, 0.6) is 11.5 Å². The minimum Gasteiger partial charge on any atom is -0.490 e. The van der Waals surface area contributed by atoms with Gasteiger partial charge in [-0.3, -0.25) is 4.79 Å². The SMILES string of the molecule is CCOc1ccc(C(NC(=O)C2CCN(C(=O)OC(C)(C)C)CC2)C(C)C)cc1OCC. The molecule has 1 fully saturated rings. The van der Waals surface area contributed by atoms with Crippen molar-refractivity contribution in [2.45, 2.75) is 73.0 Å². The quantitative estimate of drug-likeness (QED) is 0.609. The Morgan fingerprint density at radius 3 is 2.19 bits per heavy atom. The predicted octanol–water partition coefficient (Wildman–Crippen LogP) is 4.94. The molecule has 1 N–H and O–H groups in total. The summed E-state index contributed by atoms with van der Waals surface area (Å²) < 4.78 is 16.9. The Morgan fingerprint density at radius 1 is 1.06 bits per heavy atom. The maximum absolute atomic E-state index is 13.1. The van der Waals surface area contributed by atoms with Gasteiger partial charge in [0.25, 0.3) is 0 Å². The fourth-order valence-electron chi connectivity index (χ4n) is 3.82. The van der Waals surface area contributed by atoms with Gasteiger partial charge in [0.1, 0.15) is 5.60 Å². The molecule has 0 saturated carbocycles. The van der Waals surface area contributed by atoms with E-state index in [0.717, 1.165) is 5.56 Å². The van der Waals surface area contributed by atoms with E-state index >= 15 is 0 Å². The van der Waals surface area contributed by atoms with Gasteiger partial charge in [0.2, 0.25) is 5.91 Å². The van der Waals surface area contributed by atoms with E-state index in [0.29, 0.717) is 50.6 Å². The molecule has 1 heterocycles. The number of benzene rings is 1. The van der Waals surface area contributed by atoms with E-state index in [1.165, 1.54) is 0 Å². The number of carbonyl (C=O) groups excluding carboxylic acids is 2. The Balaban J connectivity index is 2.04. The maximum atomic E-state index is 13.1. The molecule has 1 atom stereocenters. The van der Waals surface area contributed by atoms with Gasteiger partial charge in [0.15, 0.2) is 11.5 Å². The molecular weight excluding hydrogens is 408 g/mol. The third-order valence-electron chi connectivity index (χ3n) is 5.41. The molecule has 2 amide bonds. The lowest BCUT2D eigenvalue weighted by atomic mass is 9.92. The van der Waals surface area contributed by atoms with Gasteiger partial charge in [-0.05, 0) is 71.1 Å². The lowest BCUT2D eigenvalue weighted by Crippen LogP contribution is -2.45. The van der Waals surface area contributed by atoms with Gasteiger partial charge in [0, 0.05) is 19.0 Å². The van der Waals surface area contributed by atoms with Crippen LogP contribution in [0.2, 0.25) is 0 Å². The topological polar surface area (TPSA) is 77.1 Å². The predicted molar refractivity (Wildman–Crippen MR) is 125 cm³/mol. The number of rotatable bonds is 8. The summed E-state index contributed by atoms with van der Waals surface area (Å²) in [5.74, 6) is 1.51. The van der Waals surface area contributed by atoms with Crippen LogP contribution in [-0.2, 0) is 9.53 Å². The number of carbonyl (C=O) groups is 2. The summed E-state index contributed by atoms with van der Waals surface area (Å²) in [6.45, 7) is 15.8. The minimum atomic E-state index is -0.520. The van der Waals surface area contributed by atoms with Crippen LogP contribution in [0.3, 0.4) is 0 Å². The smallest absolute Gasteiger partial charge is 0.410 e. The Labute approximate surface area is 192 Å². The zero-order valence-electron chi connectivity index (χ0n) is 20.7. The molecule has 1 saturated heterocycles. The fourth-order valence-corrected chi connectivity index (χ4v) is 3.82. The number of hydrogen-bond donors (Lipinski definition) is 1. The Bertz CT molecular complexity index is 764. The average molecular weight is 449 g/mol. The summed E-state index contributed by atoms with van der Waals surface area (Å²) in [5.41, 5.74) is 0.472. The third kappa shape index (κ3) is 7.31. The van der Waals surface area contributed by atoms with E-state index in [1.807, 2.05) is 52.8 Å². The first kappa shape index (κ1) is 25.8. The van der Waals surface area contributed by atoms with E-state index < -0.39 is 5.60 Å². The second-order valence-corrected chi connectivity index (χ2v) is 9.54. The lowest BCUT2D eigenvalue weighted by Gasteiger charge is -2.34. The highest BCUT2D eigenvalue weighted by Crippen LogP contribution is 2.33. The Kier molecular flexibility index (Phi) is 9.22. The summed E-state index contributed by atoms with van der Waals surface area (Å²) in [5, 5.41) is 3.24. The number of piperidine rings is 1. The molecule has 0 radical (unpaired) electrons. The molecule has 1 aromatic rings. The van der Waals surface area contributed by atoms with Gasteiger partial charge in [-0.15, -0.1) is 0 Å². The molecular formula is C25H40N2O5. The molecule has 1 aromatic carbocycles. The number of amides is 2. The molecule has 1 unspecified atom stereocenters. The van der Waals surface area contributed by atoms with Crippen molar-refractivity contribution in [3.63, 3.8) is 0 Å². The third-order valence-corrected chi connectivity index (χ3v) is 5.41. The van der Waals surface area contributed by atoms with Gasteiger partial charge in [-0.1, -0.05) is 19.9 Å². The van der Waals surface area contributed by atoms with Crippen LogP contribution in [0, 0.1) is 11.8 Å². The van der Waals surface area contributed by atoms with Crippen LogP contribution in [0.15, 0.2) is 18.2 Å². The normalized spacial score (nSPS) is 15.9. The molecule has 7 nitrogen and oxygen atoms in total. The van der Waals surface area contributed by atoms with E-state index in [2.05, 4.69) is 19.2 Å². The molecule has 32 heavy (non-hydrogen) atoms. The first-order valence-electron chi connectivity index (χ1n) is 11.7. The van der Waals surface area contributed by atoms with Crippen molar-refractivity contribution < 1.29 is 23.8 Å². The van der Waals surface area contributed by atoms with Gasteiger partial charge < -0.3 is 24.4 Å². The highest BCUT2D eigenvalue weighted by atomic mass is 16.6. The van der Waals surface area contributed by atoms with Crippen molar-refractivity contribution in [3.05, 3.63) is 23.8 Å². The summed E-state index contributed by atoms with van der Waals surface area (Å²) in [6.07, 6.45) is 0.946. The molecule has 1 aliphatic rings. The van der Waals surface area contributed by atoms with E-state index in [-0.39, 0.29) is 29.9 Å². The van der Waals surface area contributed by atoms with Crippen molar-refractivity contribution in [1.29, 1.82) is 0 Å². The first-order valence-corrected chi connectivity index (χ1v) is 11.7. The van der Waals surface area contributed by atoms with Crippen LogP contribution in [-0.4, -0.2) is 48.8 Å². The molecule has 7 heteroatoms. The molecule has 0 aromatic heterocycles. The number of ether oxygens (including phenoxy) is 3. The Hall–Kier alpha value is -2.44. The maximum Gasteiger partial charge on any atom is 0.410 e. The lowest BCUT2D eigenvalue weighted by molar-refractivity contribution is -0.127. The highest BCUT2D eigenvalue weighted by Gasteiger charge is 2.31. The standard InChI is InChI=1S/C25H40N2O5/c1-8-30-20-11-10-19(16-21(20)31-9-2)22(17(3)4)26-23(28)18-12-14-27(15-13-18)24(29)32-25(5,6)7/h10-11,16-18,22H,8-9,12-15H2,1-7H3,(H,26,28). The summed E-state index contributed by atoms with van der Waals surface area (Å²) in [6, 6.07) is 5.72.